The van der Waals surface area contributed by atoms with E-state index < -0.39 is 0 Å². The molecule has 1 aliphatic carbocycles. The van der Waals surface area contributed by atoms with Crippen LogP contribution in [0.2, 0.25) is 5.02 Å². The monoisotopic (exact) mass is 287 g/mol. The SMILES string of the molecule is Clc1ccc(COc2cccc(CNC3CC3)c2)cc1. The summed E-state index contributed by atoms with van der Waals surface area (Å²) in [7, 11) is 0. The molecule has 0 heterocycles. The van der Waals surface area contributed by atoms with Crippen LogP contribution in [0, 0.1) is 0 Å². The van der Waals surface area contributed by atoms with Crippen molar-refractivity contribution in [3.8, 4) is 5.75 Å². The minimum atomic E-state index is 0.566. The summed E-state index contributed by atoms with van der Waals surface area (Å²) in [6.45, 7) is 1.49. The summed E-state index contributed by atoms with van der Waals surface area (Å²) >= 11 is 5.87. The van der Waals surface area contributed by atoms with Gasteiger partial charge in [-0.25, -0.2) is 0 Å². The highest BCUT2D eigenvalue weighted by atomic mass is 35.5. The number of hydrogen-bond donors (Lipinski definition) is 1. The molecule has 0 radical (unpaired) electrons. The lowest BCUT2D eigenvalue weighted by Crippen LogP contribution is -2.15. The van der Waals surface area contributed by atoms with Crippen molar-refractivity contribution < 1.29 is 4.74 Å². The van der Waals surface area contributed by atoms with Crippen LogP contribution in [0.1, 0.15) is 24.0 Å². The van der Waals surface area contributed by atoms with Crippen molar-refractivity contribution in [2.45, 2.75) is 32.0 Å². The highest BCUT2D eigenvalue weighted by molar-refractivity contribution is 6.30. The minimum absolute atomic E-state index is 0.566. The van der Waals surface area contributed by atoms with E-state index in [9.17, 15) is 0 Å². The summed E-state index contributed by atoms with van der Waals surface area (Å²) in [4.78, 5) is 0. The normalized spacial score (nSPS) is 14.2. The van der Waals surface area contributed by atoms with E-state index in [1.165, 1.54) is 18.4 Å². The van der Waals surface area contributed by atoms with Gasteiger partial charge in [-0.15, -0.1) is 0 Å². The third-order valence-electron chi connectivity index (χ3n) is 3.39. The van der Waals surface area contributed by atoms with Gasteiger partial charge in [0.2, 0.25) is 0 Å². The molecule has 0 saturated heterocycles. The maximum Gasteiger partial charge on any atom is 0.120 e. The molecule has 0 unspecified atom stereocenters. The van der Waals surface area contributed by atoms with Crippen molar-refractivity contribution in [2.75, 3.05) is 0 Å². The Morgan fingerprint density at radius 2 is 1.85 bits per heavy atom. The molecule has 0 bridgehead atoms. The second kappa shape index (κ2) is 6.29. The van der Waals surface area contributed by atoms with E-state index in [0.29, 0.717) is 6.61 Å². The molecule has 0 amide bonds. The number of benzene rings is 2. The number of hydrogen-bond acceptors (Lipinski definition) is 2. The molecule has 2 aromatic rings. The lowest BCUT2D eigenvalue weighted by atomic mass is 10.2. The van der Waals surface area contributed by atoms with E-state index in [4.69, 9.17) is 16.3 Å². The Morgan fingerprint density at radius 3 is 2.60 bits per heavy atom. The van der Waals surface area contributed by atoms with Gasteiger partial charge in [-0.05, 0) is 48.2 Å². The Kier molecular flexibility index (Phi) is 4.24. The van der Waals surface area contributed by atoms with Crippen LogP contribution in [0.25, 0.3) is 0 Å². The maximum atomic E-state index is 5.87. The molecular formula is C17H18ClNO. The second-order valence-corrected chi connectivity index (χ2v) is 5.65. The molecule has 104 valence electrons. The van der Waals surface area contributed by atoms with Crippen LogP contribution in [-0.4, -0.2) is 6.04 Å². The Balaban J connectivity index is 1.56. The zero-order valence-corrected chi connectivity index (χ0v) is 12.1. The van der Waals surface area contributed by atoms with Gasteiger partial charge in [0.25, 0.3) is 0 Å². The van der Waals surface area contributed by atoms with E-state index >= 15 is 0 Å². The molecule has 1 saturated carbocycles. The van der Waals surface area contributed by atoms with Gasteiger partial charge in [-0.3, -0.25) is 0 Å². The van der Waals surface area contributed by atoms with E-state index in [1.807, 2.05) is 36.4 Å². The van der Waals surface area contributed by atoms with Gasteiger partial charge in [0.05, 0.1) is 0 Å². The van der Waals surface area contributed by atoms with Crippen molar-refractivity contribution in [3.63, 3.8) is 0 Å². The zero-order chi connectivity index (χ0) is 13.8. The standard InChI is InChI=1S/C17H18ClNO/c18-15-6-4-13(5-7-15)12-20-17-3-1-2-14(10-17)11-19-16-8-9-16/h1-7,10,16,19H,8-9,11-12H2. The van der Waals surface area contributed by atoms with E-state index in [1.54, 1.807) is 0 Å². The number of rotatable bonds is 6. The van der Waals surface area contributed by atoms with E-state index in [2.05, 4.69) is 17.4 Å². The van der Waals surface area contributed by atoms with Crippen molar-refractivity contribution in [1.29, 1.82) is 0 Å². The molecule has 0 spiro atoms. The summed E-state index contributed by atoms with van der Waals surface area (Å²) in [6, 6.07) is 16.7. The minimum Gasteiger partial charge on any atom is -0.489 e. The highest BCUT2D eigenvalue weighted by Gasteiger charge is 2.19. The maximum absolute atomic E-state index is 5.87. The number of nitrogens with one attached hydrogen (secondary N) is 1. The van der Waals surface area contributed by atoms with Crippen molar-refractivity contribution in [3.05, 3.63) is 64.7 Å². The van der Waals surface area contributed by atoms with Crippen LogP contribution in [-0.2, 0) is 13.2 Å². The molecule has 3 rings (SSSR count). The molecule has 0 aliphatic heterocycles. The second-order valence-electron chi connectivity index (χ2n) is 5.22. The third-order valence-corrected chi connectivity index (χ3v) is 3.64. The lowest BCUT2D eigenvalue weighted by molar-refractivity contribution is 0.306. The van der Waals surface area contributed by atoms with Gasteiger partial charge in [0.15, 0.2) is 0 Å². The van der Waals surface area contributed by atoms with Gasteiger partial charge in [0, 0.05) is 17.6 Å². The summed E-state index contributed by atoms with van der Waals surface area (Å²) in [5, 5.41) is 4.26. The first-order valence-electron chi connectivity index (χ1n) is 6.99. The fourth-order valence-electron chi connectivity index (χ4n) is 2.04. The van der Waals surface area contributed by atoms with Crippen LogP contribution < -0.4 is 10.1 Å². The predicted molar refractivity (Wildman–Crippen MR) is 82.1 cm³/mol. The molecule has 1 aliphatic rings. The molecule has 1 N–H and O–H groups in total. The average molecular weight is 288 g/mol. The average Bonchev–Trinajstić information content (AvgIpc) is 3.29. The first-order chi connectivity index (χ1) is 9.79. The fourth-order valence-corrected chi connectivity index (χ4v) is 2.17. The predicted octanol–water partition coefficient (Wildman–Crippen LogP) is 4.17. The summed E-state index contributed by atoms with van der Waals surface area (Å²) in [5.41, 5.74) is 2.39. The first-order valence-corrected chi connectivity index (χ1v) is 7.37. The third kappa shape index (κ3) is 3.99. The number of halogens is 1. The quantitative estimate of drug-likeness (QED) is 0.861. The van der Waals surface area contributed by atoms with E-state index in [-0.39, 0.29) is 0 Å². The van der Waals surface area contributed by atoms with Crippen LogP contribution in [0.15, 0.2) is 48.5 Å². The van der Waals surface area contributed by atoms with Crippen molar-refractivity contribution >= 4 is 11.6 Å². The molecule has 2 nitrogen and oxygen atoms in total. The van der Waals surface area contributed by atoms with Gasteiger partial charge >= 0.3 is 0 Å². The van der Waals surface area contributed by atoms with Gasteiger partial charge in [-0.1, -0.05) is 35.9 Å². The Hall–Kier alpha value is -1.51. The van der Waals surface area contributed by atoms with Crippen LogP contribution in [0.4, 0.5) is 0 Å². The highest BCUT2D eigenvalue weighted by Crippen LogP contribution is 2.20. The van der Waals surface area contributed by atoms with Gasteiger partial charge < -0.3 is 10.1 Å². The van der Waals surface area contributed by atoms with E-state index in [0.717, 1.165) is 28.9 Å². The van der Waals surface area contributed by atoms with Crippen LogP contribution >= 0.6 is 11.6 Å². The topological polar surface area (TPSA) is 21.3 Å². The van der Waals surface area contributed by atoms with Gasteiger partial charge in [0.1, 0.15) is 12.4 Å². The molecule has 3 heteroatoms. The summed E-state index contributed by atoms with van der Waals surface area (Å²) < 4.78 is 5.82. The first kappa shape index (κ1) is 13.5. The molecule has 20 heavy (non-hydrogen) atoms. The fraction of sp³-hybridized carbons (Fsp3) is 0.294. The van der Waals surface area contributed by atoms with Crippen LogP contribution in [0.3, 0.4) is 0 Å². The van der Waals surface area contributed by atoms with Crippen molar-refractivity contribution in [2.24, 2.45) is 0 Å². The Bertz CT molecular complexity index is 563. The Labute approximate surface area is 124 Å². The van der Waals surface area contributed by atoms with Crippen LogP contribution in [0.5, 0.6) is 5.75 Å². The zero-order valence-electron chi connectivity index (χ0n) is 11.3. The molecule has 0 atom stereocenters. The van der Waals surface area contributed by atoms with Crippen molar-refractivity contribution in [1.82, 2.24) is 5.32 Å². The number of ether oxygens (including phenoxy) is 1. The smallest absolute Gasteiger partial charge is 0.120 e. The molecule has 0 aromatic heterocycles. The molecule has 1 fully saturated rings. The Morgan fingerprint density at radius 1 is 1.05 bits per heavy atom. The summed E-state index contributed by atoms with van der Waals surface area (Å²) in [6.07, 6.45) is 2.62. The molecular weight excluding hydrogens is 270 g/mol. The lowest BCUT2D eigenvalue weighted by Gasteiger charge is -2.09. The van der Waals surface area contributed by atoms with Gasteiger partial charge in [-0.2, -0.15) is 0 Å². The molecule has 2 aromatic carbocycles. The summed E-state index contributed by atoms with van der Waals surface area (Å²) in [5.74, 6) is 0.912. The largest absolute Gasteiger partial charge is 0.489 e.